The van der Waals surface area contributed by atoms with Crippen molar-refractivity contribution in [1.29, 1.82) is 0 Å². The minimum absolute atomic E-state index is 0.0584. The van der Waals surface area contributed by atoms with E-state index in [1.54, 1.807) is 22.7 Å². The molecule has 0 radical (unpaired) electrons. The Morgan fingerprint density at radius 1 is 1.11 bits per heavy atom. The number of halogens is 2. The highest BCUT2D eigenvalue weighted by atomic mass is 35.5. The fourth-order valence-electron chi connectivity index (χ4n) is 4.29. The van der Waals surface area contributed by atoms with Crippen LogP contribution in [-0.2, 0) is 17.9 Å². The summed E-state index contributed by atoms with van der Waals surface area (Å²) in [6, 6.07) is 14.2. The summed E-state index contributed by atoms with van der Waals surface area (Å²) >= 11 is 16.9. The minimum atomic E-state index is 0.0584. The monoisotopic (exact) mass is 603 g/mol. The molecule has 3 heterocycles. The normalized spacial score (nSPS) is 14.5. The van der Waals surface area contributed by atoms with E-state index in [1.807, 2.05) is 47.3 Å². The average molecular weight is 605 g/mol. The van der Waals surface area contributed by atoms with Gasteiger partial charge in [-0.1, -0.05) is 53.2 Å². The maximum atomic E-state index is 12.6. The van der Waals surface area contributed by atoms with Crippen molar-refractivity contribution < 1.29 is 4.79 Å². The highest BCUT2D eigenvalue weighted by Crippen LogP contribution is 2.30. The Hall–Kier alpha value is -2.14. The number of carbonyl (C=O) groups is 1. The zero-order chi connectivity index (χ0) is 26.3. The number of carbonyl (C=O) groups excluding carboxylic acids is 1. The number of thioether (sulfide) groups is 1. The number of thiazole rings is 2. The van der Waals surface area contributed by atoms with Gasteiger partial charge in [0.05, 0.1) is 28.0 Å². The Labute approximate surface area is 244 Å². The van der Waals surface area contributed by atoms with Crippen molar-refractivity contribution in [2.75, 3.05) is 24.2 Å². The molecular formula is C27H27Cl2N5OS3. The Kier molecular flexibility index (Phi) is 9.59. The molecule has 2 aromatic carbocycles. The molecule has 0 spiro atoms. The molecule has 0 atom stereocenters. The molecule has 1 aliphatic rings. The number of nitrogens with one attached hydrogen (secondary N) is 2. The summed E-state index contributed by atoms with van der Waals surface area (Å²) in [6.07, 6.45) is 3.69. The SMILES string of the molecule is O=C(CSc1nc(-c2cccc(NCc3nccs3)c2)cs1)NC1CCN(Cc2ccc(Cl)c(Cl)c2)CC1. The molecule has 2 aromatic heterocycles. The number of piperidine rings is 1. The van der Waals surface area contributed by atoms with Crippen LogP contribution in [0.15, 0.2) is 63.8 Å². The highest BCUT2D eigenvalue weighted by molar-refractivity contribution is 8.01. The third kappa shape index (κ3) is 7.71. The maximum absolute atomic E-state index is 12.6. The number of anilines is 1. The highest BCUT2D eigenvalue weighted by Gasteiger charge is 2.21. The van der Waals surface area contributed by atoms with Crippen molar-refractivity contribution in [1.82, 2.24) is 20.2 Å². The maximum Gasteiger partial charge on any atom is 0.230 e. The summed E-state index contributed by atoms with van der Waals surface area (Å²) in [7, 11) is 0. The molecule has 1 fully saturated rings. The van der Waals surface area contributed by atoms with Crippen LogP contribution >= 0.6 is 57.6 Å². The second-order valence-electron chi connectivity index (χ2n) is 9.01. The molecule has 0 aliphatic carbocycles. The first-order chi connectivity index (χ1) is 18.5. The van der Waals surface area contributed by atoms with Crippen molar-refractivity contribution in [3.05, 3.63) is 80.0 Å². The Balaban J connectivity index is 1.05. The number of likely N-dealkylation sites (tertiary alicyclic amines) is 1. The van der Waals surface area contributed by atoms with Crippen molar-refractivity contribution in [2.45, 2.75) is 36.3 Å². The van der Waals surface area contributed by atoms with E-state index in [4.69, 9.17) is 28.2 Å². The zero-order valence-electron chi connectivity index (χ0n) is 20.5. The van der Waals surface area contributed by atoms with Gasteiger partial charge in [0.25, 0.3) is 0 Å². The predicted molar refractivity (Wildman–Crippen MR) is 161 cm³/mol. The molecule has 0 unspecified atom stereocenters. The van der Waals surface area contributed by atoms with Gasteiger partial charge >= 0.3 is 0 Å². The van der Waals surface area contributed by atoms with Crippen molar-refractivity contribution in [3.63, 3.8) is 0 Å². The number of benzene rings is 2. The van der Waals surface area contributed by atoms with Gasteiger partial charge in [0, 0.05) is 53.9 Å². The van der Waals surface area contributed by atoms with Gasteiger partial charge < -0.3 is 10.6 Å². The molecule has 0 bridgehead atoms. The van der Waals surface area contributed by atoms with E-state index in [0.29, 0.717) is 22.3 Å². The van der Waals surface area contributed by atoms with Gasteiger partial charge in [-0.2, -0.15) is 0 Å². The first kappa shape index (κ1) is 27.4. The second-order valence-corrected chi connectivity index (χ2v) is 12.9. The topological polar surface area (TPSA) is 70.1 Å². The summed E-state index contributed by atoms with van der Waals surface area (Å²) in [5.41, 5.74) is 4.15. The number of aromatic nitrogens is 2. The summed E-state index contributed by atoms with van der Waals surface area (Å²) in [5.74, 6) is 0.425. The van der Waals surface area contributed by atoms with Crippen LogP contribution in [0, 0.1) is 0 Å². The molecule has 198 valence electrons. The summed E-state index contributed by atoms with van der Waals surface area (Å²) in [5, 5.41) is 12.9. The number of hydrogen-bond acceptors (Lipinski definition) is 8. The number of hydrogen-bond donors (Lipinski definition) is 2. The van der Waals surface area contributed by atoms with Crippen LogP contribution in [0.3, 0.4) is 0 Å². The van der Waals surface area contributed by atoms with E-state index in [-0.39, 0.29) is 11.9 Å². The third-order valence-electron chi connectivity index (χ3n) is 6.24. The second kappa shape index (κ2) is 13.3. The molecule has 1 aliphatic heterocycles. The van der Waals surface area contributed by atoms with Crippen LogP contribution in [0.5, 0.6) is 0 Å². The van der Waals surface area contributed by atoms with E-state index in [1.165, 1.54) is 11.8 Å². The number of amides is 1. The summed E-state index contributed by atoms with van der Waals surface area (Å²) < 4.78 is 0.896. The first-order valence-electron chi connectivity index (χ1n) is 12.3. The molecule has 11 heteroatoms. The van der Waals surface area contributed by atoms with Gasteiger partial charge in [0.15, 0.2) is 4.34 Å². The van der Waals surface area contributed by atoms with Crippen LogP contribution in [0.4, 0.5) is 5.69 Å². The quantitative estimate of drug-likeness (QED) is 0.189. The lowest BCUT2D eigenvalue weighted by atomic mass is 10.0. The van der Waals surface area contributed by atoms with Gasteiger partial charge in [-0.15, -0.1) is 22.7 Å². The number of rotatable bonds is 10. The van der Waals surface area contributed by atoms with Crippen molar-refractivity contribution in [3.8, 4) is 11.3 Å². The van der Waals surface area contributed by atoms with Gasteiger partial charge in [-0.25, -0.2) is 9.97 Å². The molecule has 5 rings (SSSR count). The van der Waals surface area contributed by atoms with E-state index in [0.717, 1.165) is 64.3 Å². The molecule has 4 aromatic rings. The Morgan fingerprint density at radius 2 is 1.97 bits per heavy atom. The molecule has 1 amide bonds. The third-order valence-corrected chi connectivity index (χ3v) is 9.78. The van der Waals surface area contributed by atoms with Crippen molar-refractivity contribution in [2.24, 2.45) is 0 Å². The average Bonchev–Trinajstić information content (AvgIpc) is 3.62. The molecule has 1 saturated heterocycles. The van der Waals surface area contributed by atoms with E-state index >= 15 is 0 Å². The molecular weight excluding hydrogens is 577 g/mol. The van der Waals surface area contributed by atoms with Crippen LogP contribution in [0.1, 0.15) is 23.4 Å². The fourth-order valence-corrected chi connectivity index (χ4v) is 6.81. The lowest BCUT2D eigenvalue weighted by Gasteiger charge is -2.32. The largest absolute Gasteiger partial charge is 0.379 e. The van der Waals surface area contributed by atoms with Crippen LogP contribution in [0.25, 0.3) is 11.3 Å². The van der Waals surface area contributed by atoms with Gasteiger partial charge in [-0.3, -0.25) is 9.69 Å². The van der Waals surface area contributed by atoms with Crippen LogP contribution in [0.2, 0.25) is 10.0 Å². The molecule has 0 saturated carbocycles. The lowest BCUT2D eigenvalue weighted by Crippen LogP contribution is -2.44. The number of nitrogens with zero attached hydrogens (tertiary/aromatic N) is 3. The van der Waals surface area contributed by atoms with Crippen LogP contribution in [-0.4, -0.2) is 45.7 Å². The molecule has 2 N–H and O–H groups in total. The van der Waals surface area contributed by atoms with E-state index < -0.39 is 0 Å². The van der Waals surface area contributed by atoms with E-state index in [9.17, 15) is 4.79 Å². The minimum Gasteiger partial charge on any atom is -0.379 e. The predicted octanol–water partition coefficient (Wildman–Crippen LogP) is 7.06. The Bertz CT molecular complexity index is 1360. The summed E-state index contributed by atoms with van der Waals surface area (Å²) in [4.78, 5) is 24.1. The van der Waals surface area contributed by atoms with Crippen LogP contribution < -0.4 is 10.6 Å². The first-order valence-corrected chi connectivity index (χ1v) is 15.8. The zero-order valence-corrected chi connectivity index (χ0v) is 24.5. The van der Waals surface area contributed by atoms with Gasteiger partial charge in [-0.05, 0) is 42.7 Å². The lowest BCUT2D eigenvalue weighted by molar-refractivity contribution is -0.119. The summed E-state index contributed by atoms with van der Waals surface area (Å²) in [6.45, 7) is 3.41. The smallest absolute Gasteiger partial charge is 0.230 e. The van der Waals surface area contributed by atoms with E-state index in [2.05, 4.69) is 32.7 Å². The Morgan fingerprint density at radius 3 is 2.76 bits per heavy atom. The molecule has 38 heavy (non-hydrogen) atoms. The molecule has 6 nitrogen and oxygen atoms in total. The standard InChI is InChI=1S/C27H27Cl2N5OS3/c28-22-5-4-18(12-23(22)29)15-34-9-6-20(7-10-34)32-25(35)17-38-27-33-24(16-37-27)19-2-1-3-21(13-19)31-14-26-30-8-11-36-26/h1-5,8,11-13,16,20,31H,6-7,9-10,14-15,17H2,(H,32,35). The van der Waals surface area contributed by atoms with Crippen molar-refractivity contribution >= 4 is 69.2 Å². The fraction of sp³-hybridized carbons (Fsp3) is 0.296. The van der Waals surface area contributed by atoms with Gasteiger partial charge in [0.2, 0.25) is 5.91 Å². The van der Waals surface area contributed by atoms with Gasteiger partial charge in [0.1, 0.15) is 5.01 Å².